The van der Waals surface area contributed by atoms with Gasteiger partial charge in [0.2, 0.25) is 0 Å². The quantitative estimate of drug-likeness (QED) is 0.843. The van der Waals surface area contributed by atoms with Gasteiger partial charge in [0.25, 0.3) is 0 Å². The van der Waals surface area contributed by atoms with E-state index in [0.29, 0.717) is 6.04 Å². The molecule has 3 rings (SSSR count). The van der Waals surface area contributed by atoms with Crippen LogP contribution in [0.4, 0.5) is 5.69 Å². The number of anilines is 1. The summed E-state index contributed by atoms with van der Waals surface area (Å²) in [5, 5.41) is 13.3. The Morgan fingerprint density at radius 2 is 2.19 bits per heavy atom. The number of rotatable bonds is 6. The Bertz CT molecular complexity index is 476. The number of aliphatic hydroxyl groups is 1. The molecule has 0 saturated heterocycles. The summed E-state index contributed by atoms with van der Waals surface area (Å²) in [7, 11) is 0. The van der Waals surface area contributed by atoms with Gasteiger partial charge in [0.05, 0.1) is 18.9 Å². The monoisotopic (exact) mass is 290 g/mol. The molecule has 1 atom stereocenters. The average molecular weight is 290 g/mol. The molecule has 0 amide bonds. The lowest BCUT2D eigenvalue weighted by Gasteiger charge is -2.33. The van der Waals surface area contributed by atoms with Crippen molar-refractivity contribution in [2.45, 2.75) is 44.2 Å². The summed E-state index contributed by atoms with van der Waals surface area (Å²) in [6.45, 7) is 5.06. The maximum atomic E-state index is 9.74. The number of hydrogen-bond donors (Lipinski definition) is 2. The van der Waals surface area contributed by atoms with Crippen molar-refractivity contribution in [3.05, 3.63) is 24.3 Å². The summed E-state index contributed by atoms with van der Waals surface area (Å²) in [6, 6.07) is 8.87. The van der Waals surface area contributed by atoms with E-state index in [1.165, 1.54) is 18.5 Å². The molecule has 1 unspecified atom stereocenters. The van der Waals surface area contributed by atoms with Crippen molar-refractivity contribution in [2.75, 3.05) is 31.2 Å². The van der Waals surface area contributed by atoms with Gasteiger partial charge in [-0.25, -0.2) is 0 Å². The Labute approximate surface area is 127 Å². The van der Waals surface area contributed by atoms with Gasteiger partial charge in [0, 0.05) is 24.7 Å². The van der Waals surface area contributed by atoms with E-state index in [1.54, 1.807) is 0 Å². The van der Waals surface area contributed by atoms with Gasteiger partial charge in [-0.3, -0.25) is 0 Å². The lowest BCUT2D eigenvalue weighted by molar-refractivity contribution is 0.165. The third kappa shape index (κ3) is 3.69. The number of nitrogens with zero attached hydrogens (tertiary/aromatic N) is 1. The van der Waals surface area contributed by atoms with E-state index in [1.807, 2.05) is 12.1 Å². The van der Waals surface area contributed by atoms with Crippen molar-refractivity contribution in [3.63, 3.8) is 0 Å². The molecular weight excluding hydrogens is 264 g/mol. The highest BCUT2D eigenvalue weighted by atomic mass is 16.5. The van der Waals surface area contributed by atoms with Crippen LogP contribution in [0.2, 0.25) is 0 Å². The first-order valence-corrected chi connectivity index (χ1v) is 8.05. The van der Waals surface area contributed by atoms with E-state index in [0.717, 1.165) is 38.3 Å². The maximum absolute atomic E-state index is 9.74. The number of ether oxygens (including phenoxy) is 1. The predicted molar refractivity (Wildman–Crippen MR) is 85.0 cm³/mol. The van der Waals surface area contributed by atoms with Crippen molar-refractivity contribution in [3.8, 4) is 5.75 Å². The third-order valence-electron chi connectivity index (χ3n) is 4.45. The molecule has 1 aliphatic carbocycles. The molecule has 0 bridgehead atoms. The fraction of sp³-hybridized carbons (Fsp3) is 0.647. The normalized spacial score (nSPS) is 21.1. The van der Waals surface area contributed by atoms with Crippen LogP contribution in [-0.4, -0.2) is 43.0 Å². The van der Waals surface area contributed by atoms with E-state index in [4.69, 9.17) is 4.74 Å². The minimum atomic E-state index is -0.177. The topological polar surface area (TPSA) is 44.7 Å². The van der Waals surface area contributed by atoms with Crippen LogP contribution in [-0.2, 0) is 0 Å². The number of benzene rings is 1. The first-order chi connectivity index (χ1) is 10.2. The summed E-state index contributed by atoms with van der Waals surface area (Å²) in [5.74, 6) is 0.982. The molecule has 1 aromatic carbocycles. The lowest BCUT2D eigenvalue weighted by Crippen LogP contribution is -2.49. The number of nitrogens with one attached hydrogen (secondary N) is 1. The highest BCUT2D eigenvalue weighted by molar-refractivity contribution is 5.58. The SMILES string of the molecule is CC(CO)(CCN1CCCOc2ccccc21)NC1CC1. The molecule has 0 spiro atoms. The second kappa shape index (κ2) is 6.24. The Kier molecular flexibility index (Phi) is 4.36. The number of para-hydroxylation sites is 2. The lowest BCUT2D eigenvalue weighted by atomic mass is 9.98. The van der Waals surface area contributed by atoms with Crippen LogP contribution in [0.15, 0.2) is 24.3 Å². The van der Waals surface area contributed by atoms with E-state index < -0.39 is 0 Å². The Hall–Kier alpha value is -1.26. The van der Waals surface area contributed by atoms with Gasteiger partial charge in [-0.15, -0.1) is 0 Å². The maximum Gasteiger partial charge on any atom is 0.142 e. The van der Waals surface area contributed by atoms with Crippen molar-refractivity contribution < 1.29 is 9.84 Å². The van der Waals surface area contributed by atoms with Crippen molar-refractivity contribution >= 4 is 5.69 Å². The summed E-state index contributed by atoms with van der Waals surface area (Å²) >= 11 is 0. The largest absolute Gasteiger partial charge is 0.491 e. The molecule has 1 aromatic rings. The molecule has 2 aliphatic rings. The van der Waals surface area contributed by atoms with E-state index in [-0.39, 0.29) is 12.1 Å². The van der Waals surface area contributed by atoms with Crippen LogP contribution in [0.5, 0.6) is 5.75 Å². The van der Waals surface area contributed by atoms with Gasteiger partial charge >= 0.3 is 0 Å². The first kappa shape index (κ1) is 14.7. The first-order valence-electron chi connectivity index (χ1n) is 8.05. The van der Waals surface area contributed by atoms with Crippen LogP contribution < -0.4 is 15.0 Å². The summed E-state index contributed by atoms with van der Waals surface area (Å²) in [5.41, 5.74) is 1.00. The minimum absolute atomic E-state index is 0.177. The summed E-state index contributed by atoms with van der Waals surface area (Å²) in [6.07, 6.45) is 4.47. The number of aliphatic hydroxyl groups excluding tert-OH is 1. The molecule has 0 radical (unpaired) electrons. The molecule has 4 nitrogen and oxygen atoms in total. The highest BCUT2D eigenvalue weighted by Gasteiger charge is 2.32. The van der Waals surface area contributed by atoms with Crippen LogP contribution in [0.1, 0.15) is 32.6 Å². The molecule has 116 valence electrons. The Morgan fingerprint density at radius 3 is 2.95 bits per heavy atom. The fourth-order valence-electron chi connectivity index (χ4n) is 2.93. The third-order valence-corrected chi connectivity index (χ3v) is 4.45. The van der Waals surface area contributed by atoms with Gasteiger partial charge < -0.3 is 20.1 Å². The van der Waals surface area contributed by atoms with Crippen LogP contribution in [0, 0.1) is 0 Å². The van der Waals surface area contributed by atoms with Crippen LogP contribution in [0.3, 0.4) is 0 Å². The van der Waals surface area contributed by atoms with Gasteiger partial charge in [-0.05, 0) is 44.7 Å². The zero-order valence-electron chi connectivity index (χ0n) is 12.8. The zero-order chi connectivity index (χ0) is 14.7. The van der Waals surface area contributed by atoms with Gasteiger partial charge in [-0.2, -0.15) is 0 Å². The van der Waals surface area contributed by atoms with Gasteiger partial charge in [0.1, 0.15) is 5.75 Å². The summed E-state index contributed by atoms with van der Waals surface area (Å²) < 4.78 is 5.80. The predicted octanol–water partition coefficient (Wildman–Crippen LogP) is 2.17. The molecule has 21 heavy (non-hydrogen) atoms. The second-order valence-electron chi connectivity index (χ2n) is 6.54. The molecular formula is C17H26N2O2. The molecule has 1 aliphatic heterocycles. The van der Waals surface area contributed by atoms with Crippen molar-refractivity contribution in [1.29, 1.82) is 0 Å². The van der Waals surface area contributed by atoms with E-state index >= 15 is 0 Å². The highest BCUT2D eigenvalue weighted by Crippen LogP contribution is 2.31. The molecule has 4 heteroatoms. The van der Waals surface area contributed by atoms with Crippen molar-refractivity contribution in [1.82, 2.24) is 5.32 Å². The fourth-order valence-corrected chi connectivity index (χ4v) is 2.93. The van der Waals surface area contributed by atoms with Crippen LogP contribution >= 0.6 is 0 Å². The number of fused-ring (bicyclic) bond motifs is 1. The Morgan fingerprint density at radius 1 is 1.38 bits per heavy atom. The van der Waals surface area contributed by atoms with Crippen molar-refractivity contribution in [2.24, 2.45) is 0 Å². The van der Waals surface area contributed by atoms with E-state index in [9.17, 15) is 5.11 Å². The molecule has 0 aromatic heterocycles. The standard InChI is InChI=1S/C17H26N2O2/c1-17(13-20,18-14-7-8-14)9-11-19-10-4-12-21-16-6-3-2-5-15(16)19/h2-3,5-6,14,18,20H,4,7-13H2,1H3. The zero-order valence-corrected chi connectivity index (χ0v) is 12.8. The smallest absolute Gasteiger partial charge is 0.142 e. The molecule has 1 saturated carbocycles. The number of hydrogen-bond acceptors (Lipinski definition) is 4. The Balaban J connectivity index is 1.66. The van der Waals surface area contributed by atoms with Gasteiger partial charge in [-0.1, -0.05) is 12.1 Å². The minimum Gasteiger partial charge on any atom is -0.491 e. The molecule has 2 N–H and O–H groups in total. The average Bonchev–Trinajstić information content (AvgIpc) is 3.32. The summed E-state index contributed by atoms with van der Waals surface area (Å²) in [4.78, 5) is 2.39. The second-order valence-corrected chi connectivity index (χ2v) is 6.54. The molecule has 1 heterocycles. The van der Waals surface area contributed by atoms with E-state index in [2.05, 4.69) is 29.3 Å². The van der Waals surface area contributed by atoms with Gasteiger partial charge in [0.15, 0.2) is 0 Å². The molecule has 1 fully saturated rings. The van der Waals surface area contributed by atoms with Crippen LogP contribution in [0.25, 0.3) is 0 Å².